The monoisotopic (exact) mass is 751 g/mol. The number of carbonyl (C=O) groups excluding carboxylic acids is 1. The second kappa shape index (κ2) is 14.3. The first-order valence-corrected chi connectivity index (χ1v) is 18.5. The molecule has 0 amide bonds. The summed E-state index contributed by atoms with van der Waals surface area (Å²) in [5, 5.41) is 14.3. The molecule has 26 heteroatoms. The number of ether oxygens (including phenoxy) is 3. The van der Waals surface area contributed by atoms with E-state index in [1.165, 1.54) is 41.2 Å². The van der Waals surface area contributed by atoms with Crippen LogP contribution >= 0.6 is 27.4 Å². The molecule has 6 heterocycles. The molecule has 3 aromatic rings. The van der Waals surface area contributed by atoms with Gasteiger partial charge in [0, 0.05) is 24.2 Å². The number of anilines is 2. The molecular formula is C23H31N9O14P2S. The Morgan fingerprint density at radius 3 is 2.59 bits per heavy atom. The van der Waals surface area contributed by atoms with E-state index in [1.54, 1.807) is 0 Å². The van der Waals surface area contributed by atoms with Crippen LogP contribution in [0, 0.1) is 0 Å². The van der Waals surface area contributed by atoms with Gasteiger partial charge >= 0.3 is 27.3 Å². The van der Waals surface area contributed by atoms with E-state index in [0.29, 0.717) is 11.6 Å². The van der Waals surface area contributed by atoms with Gasteiger partial charge < -0.3 is 45.5 Å². The summed E-state index contributed by atoms with van der Waals surface area (Å²) in [5.74, 6) is 0.182. The Morgan fingerprint density at radius 1 is 1.10 bits per heavy atom. The molecule has 3 fully saturated rings. The maximum atomic E-state index is 13.2. The number of aliphatic hydroxyl groups is 1. The van der Waals surface area contributed by atoms with Crippen molar-refractivity contribution in [1.82, 2.24) is 34.4 Å². The minimum Gasteiger partial charge on any atom is -0.455 e. The van der Waals surface area contributed by atoms with E-state index in [0.717, 1.165) is 4.57 Å². The van der Waals surface area contributed by atoms with Crippen LogP contribution in [0.5, 0.6) is 0 Å². The number of nitrogens with one attached hydrogen (secondary N) is 1. The number of phosphoric ester groups is 2. The Labute approximate surface area is 279 Å². The third-order valence-corrected chi connectivity index (χ3v) is 10.1. The molecule has 3 saturated heterocycles. The number of aromatic nitrogens is 6. The lowest BCUT2D eigenvalue weighted by Gasteiger charge is -2.24. The quantitative estimate of drug-likeness (QED) is 0.0775. The number of nitrogens with two attached hydrogens (primary N) is 2. The van der Waals surface area contributed by atoms with Crippen LogP contribution in [0.2, 0.25) is 0 Å². The van der Waals surface area contributed by atoms with Crippen LogP contribution in [0.1, 0.15) is 18.9 Å². The minimum atomic E-state index is -5.09. The summed E-state index contributed by atoms with van der Waals surface area (Å²) in [6.45, 7) is -1.57. The zero-order valence-corrected chi connectivity index (χ0v) is 27.6. The third-order valence-electron chi connectivity index (χ3n) is 7.64. The number of thioether (sulfide) groups is 1. The molecule has 3 aliphatic rings. The summed E-state index contributed by atoms with van der Waals surface area (Å²) in [7, 11) is -10.1. The fourth-order valence-corrected chi connectivity index (χ4v) is 7.59. The van der Waals surface area contributed by atoms with Gasteiger partial charge in [-0.1, -0.05) is 0 Å². The van der Waals surface area contributed by atoms with Gasteiger partial charge in [0.1, 0.15) is 54.3 Å². The number of phosphoric acid groups is 2. The van der Waals surface area contributed by atoms with E-state index in [2.05, 4.69) is 29.8 Å². The summed E-state index contributed by atoms with van der Waals surface area (Å²) in [4.78, 5) is 70.2. The number of fused-ring (bicyclic) bond motifs is 1. The van der Waals surface area contributed by atoms with Crippen LogP contribution in [0.4, 0.5) is 11.6 Å². The predicted octanol–water partition coefficient (Wildman–Crippen LogP) is -2.02. The molecule has 9 N–H and O–H groups in total. The first kappa shape index (κ1) is 35.7. The van der Waals surface area contributed by atoms with Gasteiger partial charge in [0.2, 0.25) is 0 Å². The highest BCUT2D eigenvalue weighted by Crippen LogP contribution is 2.50. The van der Waals surface area contributed by atoms with Gasteiger partial charge in [-0.15, -0.1) is 11.8 Å². The Bertz CT molecular complexity index is 1840. The van der Waals surface area contributed by atoms with E-state index < -0.39 is 89.5 Å². The number of nitrogens with zero attached hydrogens (tertiary/aromatic N) is 6. The van der Waals surface area contributed by atoms with E-state index in [1.807, 2.05) is 0 Å². The SMILES string of the molecule is Nc1ccn([C@H]2C[C@H](OP(=O)(O)OC[C@H]3O[C@@H](n4cnc5c(N)ncnc54)[C@H](O)[C@@H]3OC(=O)[C@@H]3CSCN3)[C@@H](COP(=O)(O)O)O2)c(=O)n1. The number of rotatable bonds is 12. The molecule has 0 spiro atoms. The van der Waals surface area contributed by atoms with Gasteiger partial charge in [0.05, 0.1) is 19.5 Å². The van der Waals surface area contributed by atoms with Gasteiger partial charge in [0.25, 0.3) is 0 Å². The largest absolute Gasteiger partial charge is 0.472 e. The van der Waals surface area contributed by atoms with Crippen molar-refractivity contribution in [3.05, 3.63) is 35.4 Å². The molecule has 0 radical (unpaired) electrons. The Kier molecular flexibility index (Phi) is 10.4. The number of carbonyl (C=O) groups is 1. The van der Waals surface area contributed by atoms with Crippen LogP contribution in [-0.2, 0) is 41.7 Å². The normalized spacial score (nSPS) is 30.1. The molecule has 23 nitrogen and oxygen atoms in total. The zero-order valence-electron chi connectivity index (χ0n) is 25.0. The highest BCUT2D eigenvalue weighted by Gasteiger charge is 2.50. The Morgan fingerprint density at radius 2 is 1.88 bits per heavy atom. The lowest BCUT2D eigenvalue weighted by molar-refractivity contribution is -0.158. The Balaban J connectivity index is 1.19. The van der Waals surface area contributed by atoms with Crippen molar-refractivity contribution in [1.29, 1.82) is 0 Å². The standard InChI is InChI=1S/C23H31N9O14P2S/c24-14-1-2-31(23(35)30-14)15-3-11(12(43-15)4-41-47(36,37)38)46-48(39,40)42-5-13-18(45-22(34)10-6-49-9-29-10)17(33)21(44-13)32-8-28-16-19(25)26-7-27-20(16)32/h1-2,7-8,10-13,15,17-18,21,29,33H,3-6,9H2,(H,39,40)(H2,24,30,35)(H2,25,26,27)(H2,36,37,38)/t10-,11-,12+,13+,15+,17+,18+,21+/m0/s1. The molecule has 0 bridgehead atoms. The van der Waals surface area contributed by atoms with Crippen molar-refractivity contribution in [2.24, 2.45) is 0 Å². The van der Waals surface area contributed by atoms with Crippen LogP contribution in [0.15, 0.2) is 29.7 Å². The lowest BCUT2D eigenvalue weighted by atomic mass is 10.1. The number of imidazole rings is 1. The fraction of sp³-hybridized carbons (Fsp3) is 0.565. The maximum absolute atomic E-state index is 13.2. The predicted molar refractivity (Wildman–Crippen MR) is 164 cm³/mol. The minimum absolute atomic E-state index is 0.0578. The first-order chi connectivity index (χ1) is 23.2. The zero-order chi connectivity index (χ0) is 35.1. The number of hydrogen-bond donors (Lipinski definition) is 7. The fourth-order valence-electron chi connectivity index (χ4n) is 5.37. The number of hydrogen-bond acceptors (Lipinski definition) is 19. The van der Waals surface area contributed by atoms with Gasteiger partial charge in [-0.05, 0) is 6.07 Å². The number of aliphatic hydroxyl groups excluding tert-OH is 1. The summed E-state index contributed by atoms with van der Waals surface area (Å²) in [5.41, 5.74) is 11.0. The third kappa shape index (κ3) is 8.12. The summed E-state index contributed by atoms with van der Waals surface area (Å²) in [6.07, 6.45) is -6.15. The average Bonchev–Trinajstić information content (AvgIpc) is 3.83. The maximum Gasteiger partial charge on any atom is 0.472 e. The molecular weight excluding hydrogens is 720 g/mol. The highest BCUT2D eigenvalue weighted by molar-refractivity contribution is 7.99. The molecule has 3 aliphatic heterocycles. The van der Waals surface area contributed by atoms with Gasteiger partial charge in [0.15, 0.2) is 23.8 Å². The molecule has 9 atom stereocenters. The van der Waals surface area contributed by atoms with Crippen molar-refractivity contribution in [3.63, 3.8) is 0 Å². The number of esters is 1. The second-order valence-corrected chi connectivity index (χ2v) is 14.6. The first-order valence-electron chi connectivity index (χ1n) is 14.3. The van der Waals surface area contributed by atoms with E-state index in [-0.39, 0.29) is 29.2 Å². The van der Waals surface area contributed by atoms with Gasteiger partial charge in [-0.3, -0.25) is 32.8 Å². The molecule has 0 aromatic carbocycles. The van der Waals surface area contributed by atoms with Gasteiger partial charge in [-0.25, -0.2) is 28.9 Å². The molecule has 1 unspecified atom stereocenters. The average molecular weight is 752 g/mol. The summed E-state index contributed by atoms with van der Waals surface area (Å²) in [6, 6.07) is 0.612. The van der Waals surface area contributed by atoms with Crippen molar-refractivity contribution in [2.45, 2.75) is 55.4 Å². The van der Waals surface area contributed by atoms with Crippen LogP contribution in [0.25, 0.3) is 11.2 Å². The van der Waals surface area contributed by atoms with Gasteiger partial charge in [-0.2, -0.15) is 4.98 Å². The topological polar surface area (TPSA) is 330 Å². The Hall–Kier alpha value is -3.09. The second-order valence-electron chi connectivity index (χ2n) is 10.9. The van der Waals surface area contributed by atoms with Crippen molar-refractivity contribution in [3.8, 4) is 0 Å². The van der Waals surface area contributed by atoms with E-state index >= 15 is 0 Å². The van der Waals surface area contributed by atoms with E-state index in [9.17, 15) is 38.5 Å². The van der Waals surface area contributed by atoms with Crippen LogP contribution in [0.3, 0.4) is 0 Å². The van der Waals surface area contributed by atoms with E-state index in [4.69, 9.17) is 34.7 Å². The molecule has 0 saturated carbocycles. The summed E-state index contributed by atoms with van der Waals surface area (Å²) < 4.78 is 59.3. The van der Waals surface area contributed by atoms with Crippen LogP contribution in [-0.4, -0.2) is 116 Å². The smallest absolute Gasteiger partial charge is 0.455 e. The molecule has 0 aliphatic carbocycles. The number of nitrogen functional groups attached to an aromatic ring is 2. The molecule has 268 valence electrons. The molecule has 49 heavy (non-hydrogen) atoms. The van der Waals surface area contributed by atoms with Crippen molar-refractivity contribution >= 4 is 56.2 Å². The molecule has 6 rings (SSSR count). The highest BCUT2D eigenvalue weighted by atomic mass is 32.2. The van der Waals surface area contributed by atoms with Crippen LogP contribution < -0.4 is 22.5 Å². The molecule has 3 aromatic heterocycles. The summed E-state index contributed by atoms with van der Waals surface area (Å²) >= 11 is 1.46. The van der Waals surface area contributed by atoms with Crippen molar-refractivity contribution in [2.75, 3.05) is 36.3 Å². The van der Waals surface area contributed by atoms with Crippen molar-refractivity contribution < 1.29 is 61.5 Å². The lowest BCUT2D eigenvalue weighted by Crippen LogP contribution is -2.43.